The molecular weight excluding hydrogens is 394 g/mol. The van der Waals surface area contributed by atoms with Crippen LogP contribution in [0, 0.1) is 12.3 Å². The SMILES string of the molecule is Cc1onc(-c2ccccc2)c1C(=O)N1CCC(C)(C(=O)NS(=O)(=O)C2CC2)C1. The molecule has 2 fully saturated rings. The van der Waals surface area contributed by atoms with Gasteiger partial charge in [0, 0.05) is 18.7 Å². The molecule has 0 radical (unpaired) electrons. The summed E-state index contributed by atoms with van der Waals surface area (Å²) in [5.41, 5.74) is 0.632. The number of nitrogens with zero attached hydrogens (tertiary/aromatic N) is 2. The van der Waals surface area contributed by atoms with E-state index in [4.69, 9.17) is 4.52 Å². The van der Waals surface area contributed by atoms with Gasteiger partial charge in [-0.3, -0.25) is 14.3 Å². The van der Waals surface area contributed by atoms with Gasteiger partial charge in [0.15, 0.2) is 0 Å². The molecule has 2 amide bonds. The number of aromatic nitrogens is 1. The van der Waals surface area contributed by atoms with E-state index < -0.39 is 26.6 Å². The molecule has 1 atom stereocenters. The molecule has 29 heavy (non-hydrogen) atoms. The number of benzene rings is 1. The molecule has 2 heterocycles. The van der Waals surface area contributed by atoms with Gasteiger partial charge in [-0.1, -0.05) is 35.5 Å². The van der Waals surface area contributed by atoms with E-state index in [0.717, 1.165) is 5.56 Å². The predicted octanol–water partition coefficient (Wildman–Crippen LogP) is 2.11. The van der Waals surface area contributed by atoms with Crippen molar-refractivity contribution in [1.29, 1.82) is 0 Å². The first kappa shape index (κ1) is 19.6. The van der Waals surface area contributed by atoms with Gasteiger partial charge in [-0.05, 0) is 33.1 Å². The first-order valence-corrected chi connectivity index (χ1v) is 11.1. The summed E-state index contributed by atoms with van der Waals surface area (Å²) in [5.74, 6) is -0.419. The van der Waals surface area contributed by atoms with E-state index in [1.807, 2.05) is 30.3 Å². The van der Waals surface area contributed by atoms with E-state index >= 15 is 0 Å². The van der Waals surface area contributed by atoms with Gasteiger partial charge in [0.25, 0.3) is 5.91 Å². The fourth-order valence-corrected chi connectivity index (χ4v) is 5.04. The zero-order chi connectivity index (χ0) is 20.8. The maximum Gasteiger partial charge on any atom is 0.259 e. The van der Waals surface area contributed by atoms with Gasteiger partial charge in [0.1, 0.15) is 17.0 Å². The van der Waals surface area contributed by atoms with Crippen molar-refractivity contribution >= 4 is 21.8 Å². The number of sulfonamides is 1. The Morgan fingerprint density at radius 2 is 1.93 bits per heavy atom. The van der Waals surface area contributed by atoms with Crippen molar-refractivity contribution in [3.63, 3.8) is 0 Å². The highest BCUT2D eigenvalue weighted by Gasteiger charge is 2.46. The molecule has 8 nitrogen and oxygen atoms in total. The van der Waals surface area contributed by atoms with Crippen LogP contribution >= 0.6 is 0 Å². The van der Waals surface area contributed by atoms with Gasteiger partial charge in [-0.15, -0.1) is 0 Å². The summed E-state index contributed by atoms with van der Waals surface area (Å²) in [5, 5.41) is 3.57. The highest BCUT2D eigenvalue weighted by molar-refractivity contribution is 7.90. The van der Waals surface area contributed by atoms with Crippen molar-refractivity contribution in [2.45, 2.75) is 38.4 Å². The maximum absolute atomic E-state index is 13.2. The zero-order valence-corrected chi connectivity index (χ0v) is 17.2. The number of carbonyl (C=O) groups excluding carboxylic acids is 2. The minimum atomic E-state index is -3.62. The zero-order valence-electron chi connectivity index (χ0n) is 16.3. The average molecular weight is 417 g/mol. The van der Waals surface area contributed by atoms with Crippen molar-refractivity contribution in [1.82, 2.24) is 14.8 Å². The monoisotopic (exact) mass is 417 g/mol. The Labute approximate surface area is 169 Å². The first-order valence-electron chi connectivity index (χ1n) is 9.58. The third kappa shape index (κ3) is 3.66. The van der Waals surface area contributed by atoms with Crippen molar-refractivity contribution in [2.75, 3.05) is 13.1 Å². The van der Waals surface area contributed by atoms with Crippen LogP contribution in [0.4, 0.5) is 0 Å². The van der Waals surface area contributed by atoms with Crippen LogP contribution in [0.2, 0.25) is 0 Å². The molecule has 1 saturated carbocycles. The van der Waals surface area contributed by atoms with Crippen LogP contribution in [0.25, 0.3) is 11.3 Å². The van der Waals surface area contributed by atoms with Crippen LogP contribution in [0.15, 0.2) is 34.9 Å². The van der Waals surface area contributed by atoms with Gasteiger partial charge in [0.05, 0.1) is 10.7 Å². The third-order valence-electron chi connectivity index (χ3n) is 5.63. The first-order chi connectivity index (χ1) is 13.7. The molecule has 0 bridgehead atoms. The normalized spacial score (nSPS) is 21.9. The van der Waals surface area contributed by atoms with Crippen LogP contribution in [-0.2, 0) is 14.8 Å². The minimum Gasteiger partial charge on any atom is -0.360 e. The lowest BCUT2D eigenvalue weighted by Crippen LogP contribution is -2.45. The quantitative estimate of drug-likeness (QED) is 0.798. The van der Waals surface area contributed by atoms with Crippen molar-refractivity contribution < 1.29 is 22.5 Å². The molecule has 1 aromatic heterocycles. The van der Waals surface area contributed by atoms with Crippen molar-refractivity contribution in [3.8, 4) is 11.3 Å². The largest absolute Gasteiger partial charge is 0.360 e. The third-order valence-corrected chi connectivity index (χ3v) is 7.45. The molecule has 1 N–H and O–H groups in total. The number of nitrogens with one attached hydrogen (secondary N) is 1. The number of hydrogen-bond acceptors (Lipinski definition) is 6. The fraction of sp³-hybridized carbons (Fsp3) is 0.450. The molecule has 0 spiro atoms. The Bertz CT molecular complexity index is 1060. The molecule has 2 aliphatic rings. The van der Waals surface area contributed by atoms with Crippen LogP contribution in [0.1, 0.15) is 42.3 Å². The molecule has 2 aromatic rings. The molecule has 154 valence electrons. The topological polar surface area (TPSA) is 110 Å². The lowest BCUT2D eigenvalue weighted by Gasteiger charge is -2.23. The molecule has 4 rings (SSSR count). The summed E-state index contributed by atoms with van der Waals surface area (Å²) in [6.45, 7) is 3.86. The predicted molar refractivity (Wildman–Crippen MR) is 105 cm³/mol. The molecule has 1 aromatic carbocycles. The Morgan fingerprint density at radius 3 is 2.59 bits per heavy atom. The lowest BCUT2D eigenvalue weighted by molar-refractivity contribution is -0.127. The second-order valence-corrected chi connectivity index (χ2v) is 10.0. The van der Waals surface area contributed by atoms with Crippen molar-refractivity contribution in [2.24, 2.45) is 5.41 Å². The molecular formula is C20H23N3O5S. The number of carbonyl (C=O) groups is 2. The maximum atomic E-state index is 13.2. The van der Waals surface area contributed by atoms with Crippen LogP contribution in [0.5, 0.6) is 0 Å². The number of amides is 2. The molecule has 1 unspecified atom stereocenters. The van der Waals surface area contributed by atoms with E-state index in [9.17, 15) is 18.0 Å². The average Bonchev–Trinajstić information content (AvgIpc) is 3.38. The molecule has 1 aliphatic carbocycles. The lowest BCUT2D eigenvalue weighted by atomic mass is 9.89. The van der Waals surface area contributed by atoms with Gasteiger partial charge in [0.2, 0.25) is 15.9 Å². The van der Waals surface area contributed by atoms with Crippen LogP contribution in [-0.4, -0.2) is 48.6 Å². The van der Waals surface area contributed by atoms with Crippen LogP contribution < -0.4 is 4.72 Å². The summed E-state index contributed by atoms with van der Waals surface area (Å²) >= 11 is 0. The van der Waals surface area contributed by atoms with E-state index in [2.05, 4.69) is 9.88 Å². The van der Waals surface area contributed by atoms with Gasteiger partial charge in [-0.2, -0.15) is 0 Å². The van der Waals surface area contributed by atoms with Crippen LogP contribution in [0.3, 0.4) is 0 Å². The summed E-state index contributed by atoms with van der Waals surface area (Å²) in [4.78, 5) is 27.4. The molecule has 9 heteroatoms. The number of aryl methyl sites for hydroxylation is 1. The van der Waals surface area contributed by atoms with Gasteiger partial charge in [-0.25, -0.2) is 8.42 Å². The van der Waals surface area contributed by atoms with E-state index in [0.29, 0.717) is 42.8 Å². The number of rotatable bonds is 5. The summed E-state index contributed by atoms with van der Waals surface area (Å²) < 4.78 is 31.7. The highest BCUT2D eigenvalue weighted by Crippen LogP contribution is 2.35. The Kier molecular flexibility index (Phi) is 4.72. The Balaban J connectivity index is 1.53. The second kappa shape index (κ2) is 6.98. The molecule has 1 saturated heterocycles. The van der Waals surface area contributed by atoms with Crippen molar-refractivity contribution in [3.05, 3.63) is 41.7 Å². The van der Waals surface area contributed by atoms with E-state index in [-0.39, 0.29) is 12.5 Å². The number of hydrogen-bond donors (Lipinski definition) is 1. The molecule has 1 aliphatic heterocycles. The Hall–Kier alpha value is -2.68. The summed E-state index contributed by atoms with van der Waals surface area (Å²) in [6.07, 6.45) is 1.55. The highest BCUT2D eigenvalue weighted by atomic mass is 32.2. The standard InChI is InChI=1S/C20H23N3O5S/c1-13-16(17(21-28-13)14-6-4-3-5-7-14)18(24)23-11-10-20(2,12-23)19(25)22-29(26,27)15-8-9-15/h3-7,15H,8-12H2,1-2H3,(H,22,25). The van der Waals surface area contributed by atoms with Gasteiger partial charge < -0.3 is 9.42 Å². The number of likely N-dealkylation sites (tertiary alicyclic amines) is 1. The second-order valence-electron chi connectivity index (χ2n) is 8.04. The minimum absolute atomic E-state index is 0.136. The van der Waals surface area contributed by atoms with Gasteiger partial charge >= 0.3 is 0 Å². The fourth-order valence-electron chi connectivity index (χ4n) is 3.61. The smallest absolute Gasteiger partial charge is 0.259 e. The summed E-state index contributed by atoms with van der Waals surface area (Å²) in [7, 11) is -3.62. The summed E-state index contributed by atoms with van der Waals surface area (Å²) in [6, 6.07) is 9.27. The Morgan fingerprint density at radius 1 is 1.24 bits per heavy atom. The van der Waals surface area contributed by atoms with E-state index in [1.165, 1.54) is 0 Å². The van der Waals surface area contributed by atoms with E-state index in [1.54, 1.807) is 18.7 Å².